The molecule has 4 nitrogen and oxygen atoms in total. The highest BCUT2D eigenvalue weighted by molar-refractivity contribution is 6.25. The van der Waals surface area contributed by atoms with E-state index in [0.29, 0.717) is 12.5 Å². The lowest BCUT2D eigenvalue weighted by molar-refractivity contribution is -0.113. The van der Waals surface area contributed by atoms with Gasteiger partial charge in [-0.3, -0.25) is 4.79 Å². The zero-order valence-electron chi connectivity index (χ0n) is 17.3. The third-order valence-electron chi connectivity index (χ3n) is 5.31. The first-order valence-corrected chi connectivity index (χ1v) is 10.00. The molecule has 0 aromatic heterocycles. The number of carbonyl (C=O) groups is 1. The molecule has 1 heterocycles. The van der Waals surface area contributed by atoms with Crippen molar-refractivity contribution in [2.75, 3.05) is 31.6 Å². The van der Waals surface area contributed by atoms with Crippen LogP contribution in [-0.4, -0.2) is 38.6 Å². The highest BCUT2D eigenvalue weighted by atomic mass is 16.5. The second kappa shape index (κ2) is 9.07. The lowest BCUT2D eigenvalue weighted by Gasteiger charge is -2.34. The third kappa shape index (κ3) is 4.63. The largest absolute Gasteiger partial charge is 0.497 e. The van der Waals surface area contributed by atoms with Crippen LogP contribution in [0, 0.1) is 6.92 Å². The standard InChI is InChI=1S/C24H30N2O2/c1-5-24(27)23(19-7-10-22(28-4)11-8-19)15-20-6-9-21(14-17(20)2)26-13-12-25-18(3)16-26/h6-11,14-15,18,25H,5,12-13,16H2,1-4H3/b23-15-/t18-/m1/s1. The number of nitrogens with one attached hydrogen (secondary N) is 1. The van der Waals surface area contributed by atoms with Crippen molar-refractivity contribution in [2.24, 2.45) is 0 Å². The number of hydrogen-bond donors (Lipinski definition) is 1. The van der Waals surface area contributed by atoms with Crippen LogP contribution < -0.4 is 15.0 Å². The van der Waals surface area contributed by atoms with Gasteiger partial charge in [0.1, 0.15) is 5.75 Å². The molecule has 1 fully saturated rings. The van der Waals surface area contributed by atoms with Crippen molar-refractivity contribution in [3.63, 3.8) is 0 Å². The van der Waals surface area contributed by atoms with Gasteiger partial charge in [-0.1, -0.05) is 25.1 Å². The number of ether oxygens (including phenoxy) is 1. The number of nitrogens with zero attached hydrogens (tertiary/aromatic N) is 1. The normalized spacial score (nSPS) is 17.5. The Hall–Kier alpha value is -2.59. The molecule has 1 aliphatic heterocycles. The Labute approximate surface area is 168 Å². The molecule has 0 bridgehead atoms. The molecule has 148 valence electrons. The molecule has 0 amide bonds. The van der Waals surface area contributed by atoms with E-state index in [2.05, 4.69) is 42.3 Å². The van der Waals surface area contributed by atoms with E-state index < -0.39 is 0 Å². The van der Waals surface area contributed by atoms with Gasteiger partial charge in [0.2, 0.25) is 0 Å². The van der Waals surface area contributed by atoms with Crippen LogP contribution in [0.1, 0.15) is 37.0 Å². The molecule has 0 spiro atoms. The van der Waals surface area contributed by atoms with Gasteiger partial charge in [-0.2, -0.15) is 0 Å². The minimum Gasteiger partial charge on any atom is -0.497 e. The Balaban J connectivity index is 1.92. The van der Waals surface area contributed by atoms with Crippen molar-refractivity contribution in [1.29, 1.82) is 0 Å². The monoisotopic (exact) mass is 378 g/mol. The smallest absolute Gasteiger partial charge is 0.163 e. The molecule has 0 radical (unpaired) electrons. The number of rotatable bonds is 6. The van der Waals surface area contributed by atoms with Crippen LogP contribution in [0.2, 0.25) is 0 Å². The van der Waals surface area contributed by atoms with Crippen LogP contribution in [0.4, 0.5) is 5.69 Å². The van der Waals surface area contributed by atoms with Gasteiger partial charge in [-0.05, 0) is 60.9 Å². The van der Waals surface area contributed by atoms with Crippen LogP contribution in [0.5, 0.6) is 5.75 Å². The fraction of sp³-hybridized carbons (Fsp3) is 0.375. The van der Waals surface area contributed by atoms with Crippen molar-refractivity contribution in [2.45, 2.75) is 33.2 Å². The van der Waals surface area contributed by atoms with Crippen molar-refractivity contribution in [3.05, 3.63) is 59.2 Å². The number of aryl methyl sites for hydroxylation is 1. The maximum atomic E-state index is 12.6. The Bertz CT molecular complexity index is 855. The summed E-state index contributed by atoms with van der Waals surface area (Å²) in [6.45, 7) is 9.27. The molecule has 2 aromatic carbocycles. The molecule has 1 saturated heterocycles. The second-order valence-electron chi connectivity index (χ2n) is 7.41. The van der Waals surface area contributed by atoms with E-state index >= 15 is 0 Å². The van der Waals surface area contributed by atoms with Gasteiger partial charge in [0, 0.05) is 43.4 Å². The average molecular weight is 379 g/mol. The van der Waals surface area contributed by atoms with Crippen molar-refractivity contribution < 1.29 is 9.53 Å². The summed E-state index contributed by atoms with van der Waals surface area (Å²) in [5.41, 5.74) is 5.18. The van der Waals surface area contributed by atoms with Gasteiger partial charge >= 0.3 is 0 Å². The van der Waals surface area contributed by atoms with Gasteiger partial charge in [0.15, 0.2) is 5.78 Å². The summed E-state index contributed by atoms with van der Waals surface area (Å²) in [5.74, 6) is 0.933. The predicted molar refractivity (Wildman–Crippen MR) is 117 cm³/mol. The fourth-order valence-electron chi connectivity index (χ4n) is 3.63. The van der Waals surface area contributed by atoms with Gasteiger partial charge in [-0.15, -0.1) is 0 Å². The van der Waals surface area contributed by atoms with Gasteiger partial charge in [-0.25, -0.2) is 0 Å². The molecule has 28 heavy (non-hydrogen) atoms. The molecule has 1 N–H and O–H groups in total. The molecule has 0 unspecified atom stereocenters. The van der Waals surface area contributed by atoms with Crippen LogP contribution in [-0.2, 0) is 4.79 Å². The second-order valence-corrected chi connectivity index (χ2v) is 7.41. The summed E-state index contributed by atoms with van der Waals surface area (Å²) < 4.78 is 5.24. The molecule has 3 rings (SSSR count). The summed E-state index contributed by atoms with van der Waals surface area (Å²) in [5, 5.41) is 3.48. The third-order valence-corrected chi connectivity index (χ3v) is 5.31. The van der Waals surface area contributed by atoms with Gasteiger partial charge in [0.05, 0.1) is 7.11 Å². The minimum absolute atomic E-state index is 0.143. The van der Waals surface area contributed by atoms with Crippen LogP contribution in [0.15, 0.2) is 42.5 Å². The average Bonchev–Trinajstić information content (AvgIpc) is 2.72. The highest BCUT2D eigenvalue weighted by Crippen LogP contribution is 2.27. The van der Waals surface area contributed by atoms with Crippen LogP contribution in [0.3, 0.4) is 0 Å². The Morgan fingerprint density at radius 1 is 1.25 bits per heavy atom. The Morgan fingerprint density at radius 2 is 2.00 bits per heavy atom. The topological polar surface area (TPSA) is 41.6 Å². The SMILES string of the molecule is CCC(=O)/C(=C\c1ccc(N2CCN[C@H](C)C2)cc1C)c1ccc(OC)cc1. The fourth-order valence-corrected chi connectivity index (χ4v) is 3.63. The molecular formula is C24H30N2O2. The number of methoxy groups -OCH3 is 1. The highest BCUT2D eigenvalue weighted by Gasteiger charge is 2.17. The maximum Gasteiger partial charge on any atom is 0.163 e. The number of piperazine rings is 1. The molecule has 1 aliphatic rings. The van der Waals surface area contributed by atoms with Crippen molar-refractivity contribution >= 4 is 23.1 Å². The van der Waals surface area contributed by atoms with E-state index in [4.69, 9.17) is 4.74 Å². The summed E-state index contributed by atoms with van der Waals surface area (Å²) in [4.78, 5) is 15.0. The van der Waals surface area contributed by atoms with E-state index in [-0.39, 0.29) is 5.78 Å². The molecule has 0 aliphatic carbocycles. The number of carbonyl (C=O) groups excluding carboxylic acids is 1. The molecule has 2 aromatic rings. The lowest BCUT2D eigenvalue weighted by atomic mass is 9.95. The molecule has 0 saturated carbocycles. The first-order valence-electron chi connectivity index (χ1n) is 10.00. The van der Waals surface area contributed by atoms with Gasteiger partial charge in [0.25, 0.3) is 0 Å². The number of Topliss-reactive ketones (excluding diaryl/α,β-unsaturated/α-hetero) is 1. The van der Waals surface area contributed by atoms with Crippen molar-refractivity contribution in [1.82, 2.24) is 5.32 Å². The predicted octanol–water partition coefficient (Wildman–Crippen LogP) is 4.32. The number of allylic oxidation sites excluding steroid dienone is 1. The van der Waals surface area contributed by atoms with E-state index in [9.17, 15) is 4.79 Å². The zero-order chi connectivity index (χ0) is 20.1. The maximum absolute atomic E-state index is 12.6. The van der Waals surface area contributed by atoms with Crippen LogP contribution in [0.25, 0.3) is 11.6 Å². The number of ketones is 1. The summed E-state index contributed by atoms with van der Waals surface area (Å²) >= 11 is 0. The van der Waals surface area contributed by atoms with Crippen LogP contribution >= 0.6 is 0 Å². The van der Waals surface area contributed by atoms with Gasteiger partial charge < -0.3 is 15.0 Å². The summed E-state index contributed by atoms with van der Waals surface area (Å²) in [6.07, 6.45) is 2.50. The van der Waals surface area contributed by atoms with E-state index in [1.165, 1.54) is 11.3 Å². The number of hydrogen-bond acceptors (Lipinski definition) is 4. The summed E-state index contributed by atoms with van der Waals surface area (Å²) in [7, 11) is 1.65. The zero-order valence-corrected chi connectivity index (χ0v) is 17.3. The lowest BCUT2D eigenvalue weighted by Crippen LogP contribution is -2.49. The van der Waals surface area contributed by atoms with E-state index in [1.807, 2.05) is 37.3 Å². The quantitative estimate of drug-likeness (QED) is 0.600. The number of benzene rings is 2. The first-order chi connectivity index (χ1) is 13.5. The van der Waals surface area contributed by atoms with E-state index in [0.717, 1.165) is 42.1 Å². The Morgan fingerprint density at radius 3 is 2.61 bits per heavy atom. The molecule has 4 heteroatoms. The van der Waals surface area contributed by atoms with Crippen molar-refractivity contribution in [3.8, 4) is 5.75 Å². The Kier molecular flexibility index (Phi) is 6.53. The first kappa shape index (κ1) is 20.2. The minimum atomic E-state index is 0.143. The summed E-state index contributed by atoms with van der Waals surface area (Å²) in [6, 6.07) is 14.7. The molecule has 1 atom stereocenters. The molecular weight excluding hydrogens is 348 g/mol. The van der Waals surface area contributed by atoms with E-state index in [1.54, 1.807) is 7.11 Å². The number of anilines is 1.